The van der Waals surface area contributed by atoms with Crippen LogP contribution >= 0.6 is 0 Å². The monoisotopic (exact) mass is 179 g/mol. The van der Waals surface area contributed by atoms with Crippen LogP contribution in [0.3, 0.4) is 0 Å². The summed E-state index contributed by atoms with van der Waals surface area (Å²) < 4.78 is 6.54. The topological polar surface area (TPSA) is 35.1 Å². The van der Waals surface area contributed by atoms with Crippen molar-refractivity contribution in [3.63, 3.8) is 0 Å². The second-order valence-corrected chi connectivity index (χ2v) is 2.57. The van der Waals surface area contributed by atoms with Crippen LogP contribution in [0.4, 0.5) is 0 Å². The van der Waals surface area contributed by atoms with E-state index in [4.69, 9.17) is 4.42 Å². The molecule has 0 saturated heterocycles. The smallest absolute Gasteiger partial charge is 0.408 e. The zero-order chi connectivity index (χ0) is 9.84. The predicted octanol–water partition coefficient (Wildman–Crippen LogP) is 2.14. The fourth-order valence-corrected chi connectivity index (χ4v) is 1.21. The maximum Gasteiger partial charge on any atom is 0.419 e. The maximum atomic E-state index is 11.2. The van der Waals surface area contributed by atoms with Crippen molar-refractivity contribution < 1.29 is 4.42 Å². The van der Waals surface area contributed by atoms with Crippen LogP contribution in [0.15, 0.2) is 21.9 Å². The van der Waals surface area contributed by atoms with E-state index in [0.29, 0.717) is 12.3 Å². The van der Waals surface area contributed by atoms with Crippen LogP contribution in [-0.2, 0) is 6.54 Å². The average molecular weight is 179 g/mol. The molecule has 0 saturated carbocycles. The summed E-state index contributed by atoms with van der Waals surface area (Å²) in [6.45, 7) is 7.98. The van der Waals surface area contributed by atoms with E-state index >= 15 is 0 Å². The molecule has 0 bridgehead atoms. The Labute approximate surface area is 77.0 Å². The Balaban J connectivity index is 3.40. The fourth-order valence-electron chi connectivity index (χ4n) is 1.21. The molecule has 3 heteroatoms. The van der Waals surface area contributed by atoms with Gasteiger partial charge < -0.3 is 4.42 Å². The molecule has 0 N–H and O–H groups in total. The summed E-state index contributed by atoms with van der Waals surface area (Å²) in [7, 11) is 0. The summed E-state index contributed by atoms with van der Waals surface area (Å²) in [6.07, 6.45) is 5.25. The summed E-state index contributed by atoms with van der Waals surface area (Å²) in [5.41, 5.74) is 0.782. The van der Waals surface area contributed by atoms with Gasteiger partial charge in [-0.15, -0.1) is 0 Å². The van der Waals surface area contributed by atoms with Crippen molar-refractivity contribution in [2.45, 2.75) is 20.4 Å². The van der Waals surface area contributed by atoms with E-state index in [2.05, 4.69) is 6.58 Å². The molecule has 70 valence electrons. The van der Waals surface area contributed by atoms with Crippen molar-refractivity contribution in [1.29, 1.82) is 0 Å². The molecule has 0 aliphatic carbocycles. The van der Waals surface area contributed by atoms with Gasteiger partial charge in [0.25, 0.3) is 0 Å². The lowest BCUT2D eigenvalue weighted by Gasteiger charge is -1.96. The summed E-state index contributed by atoms with van der Waals surface area (Å²) >= 11 is 0. The van der Waals surface area contributed by atoms with Crippen LogP contribution in [-0.4, -0.2) is 4.57 Å². The Bertz CT molecular complexity index is 382. The summed E-state index contributed by atoms with van der Waals surface area (Å²) in [5.74, 6) is 0.204. The van der Waals surface area contributed by atoms with Crippen molar-refractivity contribution >= 4 is 12.2 Å². The van der Waals surface area contributed by atoms with Crippen LogP contribution in [0.1, 0.15) is 25.3 Å². The molecule has 0 aliphatic rings. The van der Waals surface area contributed by atoms with Gasteiger partial charge >= 0.3 is 5.76 Å². The number of hydrogen-bond donors (Lipinski definition) is 0. The third kappa shape index (κ3) is 1.64. The highest BCUT2D eigenvalue weighted by Gasteiger charge is 2.09. The van der Waals surface area contributed by atoms with E-state index in [9.17, 15) is 4.79 Å². The van der Waals surface area contributed by atoms with Gasteiger partial charge in [-0.05, 0) is 26.0 Å². The third-order valence-corrected chi connectivity index (χ3v) is 1.79. The predicted molar refractivity (Wildman–Crippen MR) is 53.4 cm³/mol. The minimum atomic E-state index is -0.328. The second kappa shape index (κ2) is 3.94. The summed E-state index contributed by atoms with van der Waals surface area (Å²) in [4.78, 5) is 11.2. The SMILES string of the molecule is C=Cc1oc(=O)n(CC)c1/C=C\C. The van der Waals surface area contributed by atoms with Crippen molar-refractivity contribution in [1.82, 2.24) is 4.57 Å². The lowest BCUT2D eigenvalue weighted by Crippen LogP contribution is -2.13. The van der Waals surface area contributed by atoms with Crippen molar-refractivity contribution in [2.75, 3.05) is 0 Å². The molecule has 0 radical (unpaired) electrons. The fraction of sp³-hybridized carbons (Fsp3) is 0.300. The number of hydrogen-bond acceptors (Lipinski definition) is 2. The molecular formula is C10H13NO2. The first kappa shape index (κ1) is 9.58. The van der Waals surface area contributed by atoms with Crippen molar-refractivity contribution in [3.8, 4) is 0 Å². The molecule has 0 aromatic carbocycles. The molecule has 0 spiro atoms. The normalized spacial score (nSPS) is 10.9. The van der Waals surface area contributed by atoms with Crippen molar-refractivity contribution in [3.05, 3.63) is 34.7 Å². The van der Waals surface area contributed by atoms with Crippen LogP contribution in [0, 0.1) is 0 Å². The molecule has 0 fully saturated rings. The number of rotatable bonds is 3. The summed E-state index contributed by atoms with van der Waals surface area (Å²) in [5, 5.41) is 0. The Morgan fingerprint density at radius 3 is 2.77 bits per heavy atom. The molecule has 1 heterocycles. The van der Waals surface area contributed by atoms with Crippen LogP contribution in [0.25, 0.3) is 12.2 Å². The van der Waals surface area contributed by atoms with Crippen molar-refractivity contribution in [2.24, 2.45) is 0 Å². The minimum absolute atomic E-state index is 0.328. The van der Waals surface area contributed by atoms with E-state index in [0.717, 1.165) is 5.69 Å². The maximum absolute atomic E-state index is 11.2. The zero-order valence-corrected chi connectivity index (χ0v) is 7.91. The van der Waals surface area contributed by atoms with Gasteiger partial charge in [0.2, 0.25) is 0 Å². The van der Waals surface area contributed by atoms with Gasteiger partial charge in [0.15, 0.2) is 5.76 Å². The molecule has 1 aromatic rings. The molecule has 1 aromatic heterocycles. The molecule has 1 rings (SSSR count). The van der Waals surface area contributed by atoms with Gasteiger partial charge in [-0.3, -0.25) is 4.57 Å². The van der Waals surface area contributed by atoms with Gasteiger partial charge in [0, 0.05) is 6.54 Å². The van der Waals surface area contributed by atoms with E-state index in [1.54, 1.807) is 10.6 Å². The Morgan fingerprint density at radius 2 is 2.31 bits per heavy atom. The van der Waals surface area contributed by atoms with E-state index in [1.165, 1.54) is 0 Å². The highest BCUT2D eigenvalue weighted by atomic mass is 16.4. The van der Waals surface area contributed by atoms with Gasteiger partial charge in [0.1, 0.15) is 0 Å². The van der Waals surface area contributed by atoms with E-state index in [1.807, 2.05) is 26.0 Å². The highest BCUT2D eigenvalue weighted by Crippen LogP contribution is 2.10. The van der Waals surface area contributed by atoms with E-state index < -0.39 is 0 Å². The second-order valence-electron chi connectivity index (χ2n) is 2.57. The van der Waals surface area contributed by atoms with Crippen LogP contribution in [0.2, 0.25) is 0 Å². The molecule has 3 nitrogen and oxygen atoms in total. The largest absolute Gasteiger partial charge is 0.419 e. The number of nitrogens with zero attached hydrogens (tertiary/aromatic N) is 1. The first-order chi connectivity index (χ1) is 6.24. The number of allylic oxidation sites excluding steroid dienone is 1. The third-order valence-electron chi connectivity index (χ3n) is 1.79. The molecule has 13 heavy (non-hydrogen) atoms. The number of aromatic nitrogens is 1. The minimum Gasteiger partial charge on any atom is -0.408 e. The van der Waals surface area contributed by atoms with Gasteiger partial charge in [-0.25, -0.2) is 4.79 Å². The first-order valence-electron chi connectivity index (χ1n) is 4.23. The molecule has 0 atom stereocenters. The quantitative estimate of drug-likeness (QED) is 0.712. The van der Waals surface area contributed by atoms with Gasteiger partial charge in [0.05, 0.1) is 5.69 Å². The first-order valence-corrected chi connectivity index (χ1v) is 4.23. The Morgan fingerprint density at radius 1 is 1.62 bits per heavy atom. The standard InChI is InChI=1S/C10H13NO2/c1-4-7-8-9(5-2)13-10(12)11(8)6-3/h4-5,7H,2,6H2,1,3H3/b7-4-. The van der Waals surface area contributed by atoms with Crippen LogP contribution < -0.4 is 5.76 Å². The molecular weight excluding hydrogens is 166 g/mol. The summed E-state index contributed by atoms with van der Waals surface area (Å²) in [6, 6.07) is 0. The number of oxazole rings is 1. The average Bonchev–Trinajstić information content (AvgIpc) is 2.43. The zero-order valence-electron chi connectivity index (χ0n) is 7.91. The molecule has 0 amide bonds. The highest BCUT2D eigenvalue weighted by molar-refractivity contribution is 5.57. The van der Waals surface area contributed by atoms with E-state index in [-0.39, 0.29) is 5.76 Å². The Kier molecular flexibility index (Phi) is 2.90. The Hall–Kier alpha value is -1.51. The lowest BCUT2D eigenvalue weighted by atomic mass is 10.3. The lowest BCUT2D eigenvalue weighted by molar-refractivity contribution is 0.477. The van der Waals surface area contributed by atoms with Gasteiger partial charge in [-0.2, -0.15) is 0 Å². The molecule has 0 aliphatic heterocycles. The van der Waals surface area contributed by atoms with Gasteiger partial charge in [-0.1, -0.05) is 12.7 Å². The molecule has 0 unspecified atom stereocenters. The van der Waals surface area contributed by atoms with Crippen LogP contribution in [0.5, 0.6) is 0 Å².